The summed E-state index contributed by atoms with van der Waals surface area (Å²) in [5, 5.41) is 12.4. The van der Waals surface area contributed by atoms with Crippen molar-refractivity contribution in [2.75, 3.05) is 13.2 Å². The number of Topliss-reactive ketones (excluding diaryl/α,β-unsaturated/α-hetero) is 1. The summed E-state index contributed by atoms with van der Waals surface area (Å²) in [4.78, 5) is 15.9. The van der Waals surface area contributed by atoms with Crippen molar-refractivity contribution in [2.24, 2.45) is 4.99 Å². The molecule has 0 aromatic rings. The monoisotopic (exact) mass is 234 g/mol. The maximum Gasteiger partial charge on any atom is 0.166 e. The smallest absolute Gasteiger partial charge is 0.166 e. The summed E-state index contributed by atoms with van der Waals surface area (Å²) in [5.41, 5.74) is 2.78. The van der Waals surface area contributed by atoms with Gasteiger partial charge in [-0.3, -0.25) is 9.79 Å². The van der Waals surface area contributed by atoms with E-state index in [1.54, 1.807) is 6.21 Å². The zero-order valence-electron chi connectivity index (χ0n) is 10.1. The Bertz CT molecular complexity index is 404. The second kappa shape index (κ2) is 5.38. The van der Waals surface area contributed by atoms with Crippen LogP contribution in [0.2, 0.25) is 0 Å². The summed E-state index contributed by atoms with van der Waals surface area (Å²) in [6.45, 7) is 2.84. The number of allylic oxidation sites excluding steroid dienone is 2. The molecule has 1 heterocycles. The van der Waals surface area contributed by atoms with Crippen LogP contribution in [0.5, 0.6) is 0 Å². The molecule has 0 radical (unpaired) electrons. The average Bonchev–Trinajstić information content (AvgIpc) is 2.75. The summed E-state index contributed by atoms with van der Waals surface area (Å²) >= 11 is 0. The van der Waals surface area contributed by atoms with E-state index in [1.807, 2.05) is 6.92 Å². The highest BCUT2D eigenvalue weighted by molar-refractivity contribution is 6.07. The van der Waals surface area contributed by atoms with Crippen LogP contribution in [-0.4, -0.2) is 36.3 Å². The Kier molecular flexibility index (Phi) is 3.86. The lowest BCUT2D eigenvalue weighted by Crippen LogP contribution is -2.33. The van der Waals surface area contributed by atoms with Crippen molar-refractivity contribution in [3.8, 4) is 0 Å². The highest BCUT2D eigenvalue weighted by Gasteiger charge is 2.24. The Hall–Kier alpha value is -1.26. The summed E-state index contributed by atoms with van der Waals surface area (Å²) in [6, 6.07) is 0.115. The zero-order valence-corrected chi connectivity index (χ0v) is 10.1. The van der Waals surface area contributed by atoms with Gasteiger partial charge in [-0.15, -0.1) is 0 Å². The van der Waals surface area contributed by atoms with Crippen molar-refractivity contribution in [2.45, 2.75) is 32.2 Å². The zero-order chi connectivity index (χ0) is 12.3. The molecule has 4 nitrogen and oxygen atoms in total. The average molecular weight is 234 g/mol. The lowest BCUT2D eigenvalue weighted by Gasteiger charge is -2.16. The normalized spacial score (nSPS) is 20.6. The maximum absolute atomic E-state index is 11.6. The number of nitrogens with one attached hydrogen (secondary N) is 1. The SMILES string of the molecule is CC[C@H](CO)NCC1=CCC2=C1N=CCC2=O. The number of nitrogens with zero attached hydrogens (tertiary/aromatic N) is 1. The molecule has 0 saturated heterocycles. The van der Waals surface area contributed by atoms with Gasteiger partial charge in [-0.05, 0) is 18.4 Å². The summed E-state index contributed by atoms with van der Waals surface area (Å²) in [7, 11) is 0. The number of carbonyl (C=O) groups excluding carboxylic acids is 1. The van der Waals surface area contributed by atoms with E-state index >= 15 is 0 Å². The molecule has 1 aliphatic heterocycles. The largest absolute Gasteiger partial charge is 0.395 e. The Morgan fingerprint density at radius 3 is 3.06 bits per heavy atom. The molecule has 0 unspecified atom stereocenters. The molecular formula is C13H18N2O2. The molecule has 4 heteroatoms. The summed E-state index contributed by atoms with van der Waals surface area (Å²) in [6.07, 6.45) is 5.77. The Morgan fingerprint density at radius 1 is 1.53 bits per heavy atom. The third kappa shape index (κ3) is 2.53. The minimum Gasteiger partial charge on any atom is -0.395 e. The standard InChI is InChI=1S/C13H18N2O2/c1-2-10(8-16)15-7-9-3-4-11-12(17)5-6-14-13(9)11/h3,6,10,15-16H,2,4-5,7-8H2,1H3/t10-/m1/s1. The van der Waals surface area contributed by atoms with Crippen LogP contribution in [-0.2, 0) is 4.79 Å². The van der Waals surface area contributed by atoms with Gasteiger partial charge in [-0.25, -0.2) is 0 Å². The molecule has 92 valence electrons. The summed E-state index contributed by atoms with van der Waals surface area (Å²) < 4.78 is 0. The molecule has 2 rings (SSSR count). The molecule has 0 fully saturated rings. The van der Waals surface area contributed by atoms with Crippen LogP contribution in [0.3, 0.4) is 0 Å². The minimum absolute atomic E-state index is 0.115. The number of ketones is 1. The highest BCUT2D eigenvalue weighted by Crippen LogP contribution is 2.30. The van der Waals surface area contributed by atoms with Gasteiger partial charge in [-0.1, -0.05) is 13.0 Å². The van der Waals surface area contributed by atoms with Gasteiger partial charge in [0.1, 0.15) is 0 Å². The highest BCUT2D eigenvalue weighted by atomic mass is 16.3. The fourth-order valence-electron chi connectivity index (χ4n) is 2.11. The molecular weight excluding hydrogens is 216 g/mol. The molecule has 0 amide bonds. The maximum atomic E-state index is 11.6. The Labute approximate surface area is 101 Å². The number of aliphatic hydroxyl groups is 1. The number of carbonyl (C=O) groups is 1. The van der Waals surface area contributed by atoms with Gasteiger partial charge in [0.05, 0.1) is 12.3 Å². The van der Waals surface area contributed by atoms with E-state index in [1.165, 1.54) is 0 Å². The first-order chi connectivity index (χ1) is 8.26. The predicted octanol–water partition coefficient (Wildman–Crippen LogP) is 0.975. The summed E-state index contributed by atoms with van der Waals surface area (Å²) in [5.74, 6) is 0.190. The number of hydrogen-bond acceptors (Lipinski definition) is 4. The van der Waals surface area contributed by atoms with Crippen LogP contribution in [0.25, 0.3) is 0 Å². The van der Waals surface area contributed by atoms with Crippen molar-refractivity contribution in [1.82, 2.24) is 5.32 Å². The number of aliphatic hydroxyl groups excluding tert-OH is 1. The van der Waals surface area contributed by atoms with Gasteiger partial charge < -0.3 is 10.4 Å². The third-order valence-electron chi connectivity index (χ3n) is 3.27. The van der Waals surface area contributed by atoms with Crippen LogP contribution in [0.1, 0.15) is 26.2 Å². The molecule has 0 aromatic carbocycles. The first-order valence-corrected chi connectivity index (χ1v) is 6.08. The number of hydrogen-bond donors (Lipinski definition) is 2. The van der Waals surface area contributed by atoms with E-state index < -0.39 is 0 Å². The van der Waals surface area contributed by atoms with Crippen molar-refractivity contribution in [3.05, 3.63) is 22.9 Å². The fourth-order valence-corrected chi connectivity index (χ4v) is 2.11. The Morgan fingerprint density at radius 2 is 2.35 bits per heavy atom. The lowest BCUT2D eigenvalue weighted by molar-refractivity contribution is -0.114. The minimum atomic E-state index is 0.115. The van der Waals surface area contributed by atoms with E-state index in [0.717, 1.165) is 23.3 Å². The topological polar surface area (TPSA) is 61.7 Å². The first kappa shape index (κ1) is 12.2. The van der Waals surface area contributed by atoms with Gasteiger partial charge in [0, 0.05) is 30.8 Å². The Balaban J connectivity index is 1.99. The van der Waals surface area contributed by atoms with Crippen LogP contribution < -0.4 is 5.32 Å². The molecule has 0 aromatic heterocycles. The molecule has 0 bridgehead atoms. The van der Waals surface area contributed by atoms with Crippen molar-refractivity contribution in [3.63, 3.8) is 0 Å². The van der Waals surface area contributed by atoms with E-state index in [0.29, 0.717) is 19.4 Å². The van der Waals surface area contributed by atoms with Gasteiger partial charge >= 0.3 is 0 Å². The fraction of sp³-hybridized carbons (Fsp3) is 0.538. The molecule has 17 heavy (non-hydrogen) atoms. The number of rotatable bonds is 5. The molecule has 0 spiro atoms. The first-order valence-electron chi connectivity index (χ1n) is 6.08. The van der Waals surface area contributed by atoms with Crippen molar-refractivity contribution < 1.29 is 9.90 Å². The van der Waals surface area contributed by atoms with Crippen molar-refractivity contribution in [1.29, 1.82) is 0 Å². The van der Waals surface area contributed by atoms with Crippen LogP contribution in [0, 0.1) is 0 Å². The van der Waals surface area contributed by atoms with Gasteiger partial charge in [-0.2, -0.15) is 0 Å². The van der Waals surface area contributed by atoms with Crippen molar-refractivity contribution >= 4 is 12.0 Å². The van der Waals surface area contributed by atoms with Gasteiger partial charge in [0.25, 0.3) is 0 Å². The lowest BCUT2D eigenvalue weighted by atomic mass is 10.0. The van der Waals surface area contributed by atoms with Gasteiger partial charge in [0.2, 0.25) is 0 Å². The molecule has 2 N–H and O–H groups in total. The van der Waals surface area contributed by atoms with Gasteiger partial charge in [0.15, 0.2) is 5.78 Å². The molecule has 0 saturated carbocycles. The van der Waals surface area contributed by atoms with E-state index in [2.05, 4.69) is 16.4 Å². The quantitative estimate of drug-likeness (QED) is 0.745. The van der Waals surface area contributed by atoms with E-state index in [-0.39, 0.29) is 18.4 Å². The number of aliphatic imine (C=N–C) groups is 1. The molecule has 1 aliphatic carbocycles. The second-order valence-corrected chi connectivity index (χ2v) is 4.37. The molecule has 2 aliphatic rings. The van der Waals surface area contributed by atoms with E-state index in [4.69, 9.17) is 5.11 Å². The van der Waals surface area contributed by atoms with Crippen LogP contribution in [0.4, 0.5) is 0 Å². The third-order valence-corrected chi connectivity index (χ3v) is 3.27. The molecule has 1 atom stereocenters. The van der Waals surface area contributed by atoms with Crippen LogP contribution in [0.15, 0.2) is 27.9 Å². The van der Waals surface area contributed by atoms with Crippen LogP contribution >= 0.6 is 0 Å². The van der Waals surface area contributed by atoms with E-state index in [9.17, 15) is 4.79 Å². The second-order valence-electron chi connectivity index (χ2n) is 4.37. The predicted molar refractivity (Wildman–Crippen MR) is 67.0 cm³/mol.